The van der Waals surface area contributed by atoms with Crippen LogP contribution in [0.1, 0.15) is 59.2 Å². The van der Waals surface area contributed by atoms with Crippen LogP contribution in [0, 0.1) is 12.7 Å². The van der Waals surface area contributed by atoms with Crippen LogP contribution < -0.4 is 15.6 Å². The molecule has 2 aliphatic heterocycles. The summed E-state index contributed by atoms with van der Waals surface area (Å²) in [6.45, 7) is 3.42. The number of aliphatic hydroxyl groups is 1. The fourth-order valence-corrected chi connectivity index (χ4v) is 6.38. The van der Waals surface area contributed by atoms with Crippen molar-refractivity contribution in [3.05, 3.63) is 61.7 Å². The lowest BCUT2D eigenvalue weighted by Gasteiger charge is -2.31. The maximum atomic E-state index is 15.0. The number of fused-ring (bicyclic) bond motifs is 5. The van der Waals surface area contributed by atoms with Gasteiger partial charge in [-0.1, -0.05) is 18.9 Å². The summed E-state index contributed by atoms with van der Waals surface area (Å²) in [5.74, 6) is -1.46. The van der Waals surface area contributed by atoms with E-state index < -0.39 is 17.6 Å². The van der Waals surface area contributed by atoms with E-state index in [9.17, 15) is 19.5 Å². The molecule has 10 nitrogen and oxygen atoms in total. The van der Waals surface area contributed by atoms with E-state index in [0.29, 0.717) is 35.3 Å². The molecule has 0 fully saturated rings. The highest BCUT2D eigenvalue weighted by atomic mass is 32.2. The molecule has 3 aromatic rings. The lowest BCUT2D eigenvalue weighted by molar-refractivity contribution is -0.172. The minimum atomic E-state index is -1.95. The minimum Gasteiger partial charge on any atom is -0.458 e. The zero-order valence-corrected chi connectivity index (χ0v) is 23.2. The molecular formula is C28H29FN4O6S. The van der Waals surface area contributed by atoms with Crippen LogP contribution in [0.3, 0.4) is 0 Å². The summed E-state index contributed by atoms with van der Waals surface area (Å²) in [4.78, 5) is 43.9. The third kappa shape index (κ3) is 3.96. The summed E-state index contributed by atoms with van der Waals surface area (Å²) in [6.07, 6.45) is 2.98. The molecule has 210 valence electrons. The molecule has 2 aromatic heterocycles. The van der Waals surface area contributed by atoms with E-state index >= 15 is 4.39 Å². The normalized spacial score (nSPS) is 20.6. The molecule has 3 aliphatic rings. The van der Waals surface area contributed by atoms with Gasteiger partial charge in [-0.05, 0) is 55.2 Å². The molecule has 4 heterocycles. The minimum absolute atomic E-state index is 0.0292. The van der Waals surface area contributed by atoms with E-state index in [1.807, 2.05) is 6.26 Å². The first-order valence-electron chi connectivity index (χ1n) is 13.1. The molecule has 40 heavy (non-hydrogen) atoms. The second-order valence-electron chi connectivity index (χ2n) is 10.3. The number of carbonyl (C=O) groups is 2. The molecule has 1 amide bonds. The quantitative estimate of drug-likeness (QED) is 0.133. The summed E-state index contributed by atoms with van der Waals surface area (Å²) in [6, 6.07) is 2.61. The number of carbonyl (C=O) groups excluding carboxylic acids is 2. The molecule has 1 aromatic carbocycles. The Morgan fingerprint density at radius 2 is 2.12 bits per heavy atom. The van der Waals surface area contributed by atoms with Gasteiger partial charge in [-0.2, -0.15) is 0 Å². The average molecular weight is 569 g/mol. The molecule has 1 aliphatic carbocycles. The first kappa shape index (κ1) is 26.9. The van der Waals surface area contributed by atoms with Crippen molar-refractivity contribution in [1.82, 2.24) is 19.6 Å². The molecule has 3 N–H and O–H groups in total. The number of amides is 1. The summed E-state index contributed by atoms with van der Waals surface area (Å²) >= 11 is 1.38. The Hall–Kier alpha value is -3.32. The number of hydrogen-bond donors (Lipinski definition) is 3. The van der Waals surface area contributed by atoms with Gasteiger partial charge in [0, 0.05) is 22.6 Å². The number of esters is 1. The van der Waals surface area contributed by atoms with Gasteiger partial charge in [-0.15, -0.1) is 0 Å². The molecule has 0 saturated heterocycles. The van der Waals surface area contributed by atoms with Crippen LogP contribution in [0.25, 0.3) is 22.3 Å². The van der Waals surface area contributed by atoms with Crippen molar-refractivity contribution in [2.24, 2.45) is 0 Å². The van der Waals surface area contributed by atoms with Gasteiger partial charge in [0.05, 0.1) is 35.1 Å². The van der Waals surface area contributed by atoms with Gasteiger partial charge < -0.3 is 24.5 Å². The summed E-state index contributed by atoms with van der Waals surface area (Å²) in [5, 5.41) is 15.0. The fraction of sp³-hybridized carbons (Fsp3) is 0.429. The van der Waals surface area contributed by atoms with Gasteiger partial charge in [0.2, 0.25) is 5.91 Å². The van der Waals surface area contributed by atoms with Crippen molar-refractivity contribution in [2.75, 3.05) is 19.6 Å². The number of ether oxygens (including phenoxy) is 2. The van der Waals surface area contributed by atoms with E-state index in [4.69, 9.17) is 14.5 Å². The first-order valence-corrected chi connectivity index (χ1v) is 14.4. The van der Waals surface area contributed by atoms with E-state index in [2.05, 4.69) is 10.0 Å². The van der Waals surface area contributed by atoms with Gasteiger partial charge in [-0.25, -0.2) is 18.9 Å². The fourth-order valence-electron chi connectivity index (χ4n) is 6.18. The summed E-state index contributed by atoms with van der Waals surface area (Å²) < 4.78 is 30.1. The zero-order chi connectivity index (χ0) is 28.3. The number of aryl methyl sites for hydroxylation is 1. The highest BCUT2D eigenvalue weighted by Crippen LogP contribution is 2.45. The van der Waals surface area contributed by atoms with Gasteiger partial charge >= 0.3 is 5.97 Å². The Morgan fingerprint density at radius 1 is 1.32 bits per heavy atom. The number of hydrogen-bond acceptors (Lipinski definition) is 9. The third-order valence-electron chi connectivity index (χ3n) is 8.25. The number of cyclic esters (lactones) is 1. The lowest BCUT2D eigenvalue weighted by atomic mass is 9.81. The van der Waals surface area contributed by atoms with Crippen LogP contribution in [0.2, 0.25) is 0 Å². The molecule has 0 radical (unpaired) electrons. The second kappa shape index (κ2) is 9.95. The Bertz CT molecular complexity index is 1660. The van der Waals surface area contributed by atoms with E-state index in [0.717, 1.165) is 22.1 Å². The van der Waals surface area contributed by atoms with Crippen molar-refractivity contribution in [1.29, 1.82) is 0 Å². The molecule has 0 saturated carbocycles. The predicted octanol–water partition coefficient (Wildman–Crippen LogP) is 2.47. The SMILES string of the molecule is CC[C@@]1(O)C(=O)OCc2c1cc1n(c2=O)Cc2c-1nc1cc(F)c(C)c3c1c2[C@@H](NC(=O)COCNSC)CC3. The lowest BCUT2D eigenvalue weighted by Crippen LogP contribution is -2.44. The number of nitrogens with zero attached hydrogens (tertiary/aromatic N) is 2. The van der Waals surface area contributed by atoms with Crippen LogP contribution in [-0.2, 0) is 44.2 Å². The standard InChI is InChI=1S/C28H29FN4O6S/c1-4-28(37)17-7-21-25-15(9-33(21)26(35)16(17)10-39-27(28)36)24-19(31-22(34)11-38-12-30-40-3)6-5-14-13(2)18(29)8-20(32-25)23(14)24/h7-8,19,30,37H,4-6,9-12H2,1-3H3,(H,31,34)/t19-,28-/m0/s1. The Balaban J connectivity index is 1.52. The van der Waals surface area contributed by atoms with Crippen molar-refractivity contribution in [3.63, 3.8) is 0 Å². The predicted molar refractivity (Wildman–Crippen MR) is 146 cm³/mol. The topological polar surface area (TPSA) is 132 Å². The highest BCUT2D eigenvalue weighted by molar-refractivity contribution is 7.96. The maximum absolute atomic E-state index is 15.0. The van der Waals surface area contributed by atoms with Gasteiger partial charge in [0.15, 0.2) is 5.60 Å². The molecule has 0 bridgehead atoms. The van der Waals surface area contributed by atoms with Gasteiger partial charge in [0.1, 0.15) is 25.8 Å². The Kier molecular flexibility index (Phi) is 6.68. The number of halogens is 1. The number of rotatable bonds is 7. The van der Waals surface area contributed by atoms with E-state index in [1.165, 1.54) is 18.0 Å². The zero-order valence-electron chi connectivity index (χ0n) is 22.4. The number of nitrogens with one attached hydrogen (secondary N) is 2. The van der Waals surface area contributed by atoms with Crippen LogP contribution in [-0.4, -0.2) is 46.1 Å². The highest BCUT2D eigenvalue weighted by Gasteiger charge is 2.46. The molecular weight excluding hydrogens is 539 g/mol. The molecule has 2 atom stereocenters. The second-order valence-corrected chi connectivity index (χ2v) is 11.0. The van der Waals surface area contributed by atoms with Crippen molar-refractivity contribution in [2.45, 2.75) is 57.9 Å². The number of pyridine rings is 2. The van der Waals surface area contributed by atoms with Crippen LogP contribution >= 0.6 is 11.9 Å². The smallest absolute Gasteiger partial charge is 0.343 e. The Labute approximate surface area is 233 Å². The monoisotopic (exact) mass is 568 g/mol. The third-order valence-corrected chi connectivity index (χ3v) is 8.66. The summed E-state index contributed by atoms with van der Waals surface area (Å²) in [7, 11) is 0. The van der Waals surface area contributed by atoms with Crippen LogP contribution in [0.5, 0.6) is 0 Å². The van der Waals surface area contributed by atoms with Crippen molar-refractivity contribution < 1.29 is 28.6 Å². The summed E-state index contributed by atoms with van der Waals surface area (Å²) in [5.41, 5.74) is 2.37. The molecule has 6 rings (SSSR count). The number of aromatic nitrogens is 2. The van der Waals surface area contributed by atoms with Crippen LogP contribution in [0.15, 0.2) is 16.9 Å². The molecule has 12 heteroatoms. The van der Waals surface area contributed by atoms with E-state index in [-0.39, 0.29) is 61.3 Å². The molecule has 0 unspecified atom stereocenters. The van der Waals surface area contributed by atoms with Crippen molar-refractivity contribution >= 4 is 34.7 Å². The van der Waals surface area contributed by atoms with Crippen molar-refractivity contribution in [3.8, 4) is 11.4 Å². The van der Waals surface area contributed by atoms with Gasteiger partial charge in [0.25, 0.3) is 5.56 Å². The number of benzene rings is 1. The molecule has 0 spiro atoms. The van der Waals surface area contributed by atoms with E-state index in [1.54, 1.807) is 24.5 Å². The average Bonchev–Trinajstić information content (AvgIpc) is 3.31. The van der Waals surface area contributed by atoms with Crippen LogP contribution in [0.4, 0.5) is 4.39 Å². The van der Waals surface area contributed by atoms with Gasteiger partial charge in [-0.3, -0.25) is 9.59 Å². The largest absolute Gasteiger partial charge is 0.458 e. The Morgan fingerprint density at radius 3 is 2.88 bits per heavy atom. The first-order chi connectivity index (χ1) is 19.2. The maximum Gasteiger partial charge on any atom is 0.343 e.